The summed E-state index contributed by atoms with van der Waals surface area (Å²) in [5.41, 5.74) is 5.23. The third kappa shape index (κ3) is 3.12. The minimum Gasteiger partial charge on any atom is -0.481 e. The van der Waals surface area contributed by atoms with E-state index < -0.39 is 0 Å². The molecule has 0 bridgehead atoms. The number of methoxy groups -OCH3 is 1. The number of ether oxygens (including phenoxy) is 1. The van der Waals surface area contributed by atoms with Crippen molar-refractivity contribution in [3.05, 3.63) is 53.6 Å². The van der Waals surface area contributed by atoms with Crippen LogP contribution in [-0.2, 0) is 0 Å². The van der Waals surface area contributed by atoms with Crippen LogP contribution in [0.25, 0.3) is 22.3 Å². The zero-order valence-corrected chi connectivity index (χ0v) is 15.1. The van der Waals surface area contributed by atoms with Gasteiger partial charge in [0, 0.05) is 34.5 Å². The fourth-order valence-corrected chi connectivity index (χ4v) is 2.80. The van der Waals surface area contributed by atoms with E-state index in [0.29, 0.717) is 17.3 Å². The van der Waals surface area contributed by atoms with E-state index in [1.165, 1.54) is 0 Å². The largest absolute Gasteiger partial charge is 0.481 e. The molecule has 4 rings (SSSR count). The first-order valence-electron chi connectivity index (χ1n) is 8.37. The van der Waals surface area contributed by atoms with Crippen LogP contribution < -0.4 is 10.1 Å². The fraction of sp³-hybridized carbons (Fsp3) is 0.158. The molecule has 1 amide bonds. The van der Waals surface area contributed by atoms with Gasteiger partial charge in [-0.2, -0.15) is 5.10 Å². The molecule has 8 nitrogen and oxygen atoms in total. The number of H-pyrrole nitrogens is 2. The number of hydrogen-bond acceptors (Lipinski definition) is 5. The number of carbonyl (C=O) groups excluding carboxylic acids is 1. The Kier molecular flexibility index (Phi) is 4.08. The van der Waals surface area contributed by atoms with E-state index in [0.717, 1.165) is 33.5 Å². The molecule has 4 aromatic heterocycles. The SMILES string of the molecule is COc1ccc(-c2cc3cc(NC(=O)c4[nH]nc(C)c4C)cnc3[nH]2)cn1. The molecule has 0 saturated carbocycles. The quantitative estimate of drug-likeness (QED) is 0.516. The molecule has 4 aromatic rings. The Balaban J connectivity index is 1.60. The number of fused-ring (bicyclic) bond motifs is 1. The first-order valence-corrected chi connectivity index (χ1v) is 8.37. The number of aromatic nitrogens is 5. The summed E-state index contributed by atoms with van der Waals surface area (Å²) in [6.45, 7) is 3.71. The van der Waals surface area contributed by atoms with Crippen molar-refractivity contribution in [3.8, 4) is 17.1 Å². The zero-order valence-electron chi connectivity index (χ0n) is 15.1. The van der Waals surface area contributed by atoms with Gasteiger partial charge >= 0.3 is 0 Å². The van der Waals surface area contributed by atoms with E-state index in [-0.39, 0.29) is 5.91 Å². The molecule has 136 valence electrons. The highest BCUT2D eigenvalue weighted by Gasteiger charge is 2.14. The van der Waals surface area contributed by atoms with Crippen molar-refractivity contribution in [1.82, 2.24) is 25.1 Å². The number of aryl methyl sites for hydroxylation is 1. The Morgan fingerprint density at radius 2 is 2.00 bits per heavy atom. The Bertz CT molecular complexity index is 1130. The van der Waals surface area contributed by atoms with Gasteiger partial charge in [-0.25, -0.2) is 9.97 Å². The predicted octanol–water partition coefficient (Wildman–Crippen LogP) is 3.23. The number of aromatic amines is 2. The van der Waals surface area contributed by atoms with Crippen molar-refractivity contribution < 1.29 is 9.53 Å². The Hall–Kier alpha value is -3.68. The molecule has 0 atom stereocenters. The second kappa shape index (κ2) is 6.56. The zero-order chi connectivity index (χ0) is 19.0. The number of anilines is 1. The van der Waals surface area contributed by atoms with Crippen LogP contribution in [0.5, 0.6) is 5.88 Å². The maximum absolute atomic E-state index is 12.4. The van der Waals surface area contributed by atoms with Crippen LogP contribution in [0.15, 0.2) is 36.7 Å². The monoisotopic (exact) mass is 362 g/mol. The molecule has 0 aliphatic rings. The number of nitrogens with one attached hydrogen (secondary N) is 3. The standard InChI is InChI=1S/C19H18N6O2/c1-10-11(2)24-25-17(10)19(26)22-14-6-13-7-15(23-18(13)21-9-14)12-4-5-16(27-3)20-8-12/h4-9H,1-3H3,(H,21,23)(H,22,26)(H,24,25). The Morgan fingerprint density at radius 3 is 2.67 bits per heavy atom. The van der Waals surface area contributed by atoms with Crippen molar-refractivity contribution in [3.63, 3.8) is 0 Å². The average molecular weight is 362 g/mol. The molecule has 27 heavy (non-hydrogen) atoms. The number of rotatable bonds is 4. The van der Waals surface area contributed by atoms with E-state index in [9.17, 15) is 4.79 Å². The maximum atomic E-state index is 12.4. The van der Waals surface area contributed by atoms with Gasteiger partial charge in [-0.15, -0.1) is 0 Å². The average Bonchev–Trinajstić information content (AvgIpc) is 3.25. The van der Waals surface area contributed by atoms with Crippen LogP contribution in [-0.4, -0.2) is 38.2 Å². The lowest BCUT2D eigenvalue weighted by Crippen LogP contribution is -2.13. The lowest BCUT2D eigenvalue weighted by molar-refractivity contribution is 0.102. The van der Waals surface area contributed by atoms with Crippen LogP contribution in [0.2, 0.25) is 0 Å². The van der Waals surface area contributed by atoms with Gasteiger partial charge in [0.05, 0.1) is 24.7 Å². The van der Waals surface area contributed by atoms with Gasteiger partial charge in [0.15, 0.2) is 0 Å². The minimum atomic E-state index is -0.246. The molecule has 0 unspecified atom stereocenters. The summed E-state index contributed by atoms with van der Waals surface area (Å²) in [7, 11) is 1.58. The molecule has 0 radical (unpaired) electrons. The third-order valence-electron chi connectivity index (χ3n) is 4.46. The predicted molar refractivity (Wildman–Crippen MR) is 102 cm³/mol. The summed E-state index contributed by atoms with van der Waals surface area (Å²) in [5.74, 6) is 0.312. The van der Waals surface area contributed by atoms with Gasteiger partial charge in [-0.3, -0.25) is 9.89 Å². The summed E-state index contributed by atoms with van der Waals surface area (Å²) < 4.78 is 5.08. The van der Waals surface area contributed by atoms with Gasteiger partial charge in [0.25, 0.3) is 5.91 Å². The molecular formula is C19H18N6O2. The van der Waals surface area contributed by atoms with E-state index in [2.05, 4.69) is 30.5 Å². The number of pyridine rings is 2. The molecule has 3 N–H and O–H groups in total. The van der Waals surface area contributed by atoms with Crippen molar-refractivity contribution in [2.45, 2.75) is 13.8 Å². The summed E-state index contributed by atoms with van der Waals surface area (Å²) >= 11 is 0. The van der Waals surface area contributed by atoms with Crippen LogP contribution >= 0.6 is 0 Å². The van der Waals surface area contributed by atoms with Crippen LogP contribution in [0.3, 0.4) is 0 Å². The van der Waals surface area contributed by atoms with Gasteiger partial charge in [-0.1, -0.05) is 0 Å². The van der Waals surface area contributed by atoms with Gasteiger partial charge in [0.2, 0.25) is 5.88 Å². The highest BCUT2D eigenvalue weighted by molar-refractivity contribution is 6.04. The molecule has 8 heteroatoms. The lowest BCUT2D eigenvalue weighted by atomic mass is 10.2. The van der Waals surface area contributed by atoms with Gasteiger partial charge in [-0.05, 0) is 32.0 Å². The van der Waals surface area contributed by atoms with E-state index >= 15 is 0 Å². The maximum Gasteiger partial charge on any atom is 0.273 e. The first kappa shape index (κ1) is 16.8. The molecule has 0 aliphatic carbocycles. The smallest absolute Gasteiger partial charge is 0.273 e. The van der Waals surface area contributed by atoms with Crippen molar-refractivity contribution in [2.75, 3.05) is 12.4 Å². The second-order valence-corrected chi connectivity index (χ2v) is 6.20. The molecule has 0 fully saturated rings. The van der Waals surface area contributed by atoms with E-state index in [1.807, 2.05) is 32.0 Å². The van der Waals surface area contributed by atoms with E-state index in [1.54, 1.807) is 25.6 Å². The molecule has 0 aliphatic heterocycles. The molecule has 4 heterocycles. The lowest BCUT2D eigenvalue weighted by Gasteiger charge is -2.04. The second-order valence-electron chi connectivity index (χ2n) is 6.20. The first-order chi connectivity index (χ1) is 13.0. The molecule has 0 spiro atoms. The number of nitrogens with zero attached hydrogens (tertiary/aromatic N) is 3. The van der Waals surface area contributed by atoms with Crippen molar-refractivity contribution in [2.24, 2.45) is 0 Å². The summed E-state index contributed by atoms with van der Waals surface area (Å²) in [6.07, 6.45) is 3.35. The summed E-state index contributed by atoms with van der Waals surface area (Å²) in [5, 5.41) is 10.6. The number of carbonyl (C=O) groups is 1. The Labute approximate surface area is 155 Å². The normalized spacial score (nSPS) is 10.9. The van der Waals surface area contributed by atoms with Crippen LogP contribution in [0, 0.1) is 13.8 Å². The summed E-state index contributed by atoms with van der Waals surface area (Å²) in [4.78, 5) is 24.3. The number of hydrogen-bond donors (Lipinski definition) is 3. The minimum absolute atomic E-state index is 0.246. The van der Waals surface area contributed by atoms with Crippen molar-refractivity contribution in [1.29, 1.82) is 0 Å². The third-order valence-corrected chi connectivity index (χ3v) is 4.46. The highest BCUT2D eigenvalue weighted by atomic mass is 16.5. The van der Waals surface area contributed by atoms with Crippen molar-refractivity contribution >= 4 is 22.6 Å². The molecule has 0 saturated heterocycles. The fourth-order valence-electron chi connectivity index (χ4n) is 2.80. The molecular weight excluding hydrogens is 344 g/mol. The Morgan fingerprint density at radius 1 is 1.15 bits per heavy atom. The van der Waals surface area contributed by atoms with Gasteiger partial charge < -0.3 is 15.0 Å². The van der Waals surface area contributed by atoms with Crippen LogP contribution in [0.4, 0.5) is 5.69 Å². The van der Waals surface area contributed by atoms with Crippen LogP contribution in [0.1, 0.15) is 21.7 Å². The summed E-state index contributed by atoms with van der Waals surface area (Å²) in [6, 6.07) is 7.56. The molecule has 0 aromatic carbocycles. The topological polar surface area (TPSA) is 109 Å². The van der Waals surface area contributed by atoms with E-state index in [4.69, 9.17) is 4.74 Å². The van der Waals surface area contributed by atoms with Gasteiger partial charge in [0.1, 0.15) is 11.3 Å². The highest BCUT2D eigenvalue weighted by Crippen LogP contribution is 2.25. The number of amides is 1.